The number of carbonyl (C=O) groups is 3. The number of hydrogen-bond acceptors (Lipinski definition) is 7. The highest BCUT2D eigenvalue weighted by Gasteiger charge is 2.65. The van der Waals surface area contributed by atoms with E-state index in [0.717, 1.165) is 50.7 Å². The molecule has 0 bridgehead atoms. The fourth-order valence-electron chi connectivity index (χ4n) is 8.22. The van der Waals surface area contributed by atoms with Crippen LogP contribution >= 0.6 is 0 Å². The van der Waals surface area contributed by atoms with Gasteiger partial charge in [0.25, 0.3) is 5.91 Å². The lowest BCUT2D eigenvalue weighted by atomic mass is 9.46. The summed E-state index contributed by atoms with van der Waals surface area (Å²) in [5, 5.41) is 36.9. The number of aliphatic carboxylic acids is 1. The summed E-state index contributed by atoms with van der Waals surface area (Å²) < 4.78 is 0. The maximum atomic E-state index is 12.4. The van der Waals surface area contributed by atoms with E-state index in [1.54, 1.807) is 20.8 Å². The van der Waals surface area contributed by atoms with E-state index in [2.05, 4.69) is 30.4 Å². The van der Waals surface area contributed by atoms with Crippen LogP contribution in [0.4, 0.5) is 0 Å². The molecule has 4 N–H and O–H groups in total. The minimum Gasteiger partial charge on any atom is -0.479 e. The number of carboxylic acid groups (broad SMARTS) is 1. The molecule has 3 saturated carbocycles. The average Bonchev–Trinajstić information content (AvgIpc) is 3.14. The van der Waals surface area contributed by atoms with Crippen LogP contribution in [0.1, 0.15) is 86.0 Å². The van der Waals surface area contributed by atoms with E-state index < -0.39 is 29.0 Å². The van der Waals surface area contributed by atoms with Crippen molar-refractivity contribution in [3.8, 4) is 0 Å². The molecule has 4 rings (SSSR count). The molecule has 0 aromatic carbocycles. The van der Waals surface area contributed by atoms with Crippen LogP contribution in [0.2, 0.25) is 0 Å². The quantitative estimate of drug-likeness (QED) is 0.351. The Morgan fingerprint density at radius 3 is 2.47 bits per heavy atom. The highest BCUT2D eigenvalue weighted by atomic mass is 16.6. The molecule has 0 radical (unpaired) electrons. The molecule has 4 aliphatic carbocycles. The first-order chi connectivity index (χ1) is 17.7. The number of carbonyl (C=O) groups excluding carboxylic acids is 2. The Balaban J connectivity index is 1.37. The number of rotatable bonds is 8. The Bertz CT molecular complexity index is 1050. The number of hydrogen-bond donors (Lipinski definition) is 4. The number of nitrogens with zero attached hydrogens (tertiary/aromatic N) is 1. The Kier molecular flexibility index (Phi) is 7.60. The molecule has 0 unspecified atom stereocenters. The van der Waals surface area contributed by atoms with Gasteiger partial charge in [-0.3, -0.25) is 9.59 Å². The van der Waals surface area contributed by atoms with Gasteiger partial charge < -0.3 is 25.5 Å². The fourth-order valence-corrected chi connectivity index (χ4v) is 8.22. The molecule has 212 valence electrons. The summed E-state index contributed by atoms with van der Waals surface area (Å²) in [6.07, 6.45) is 7.64. The van der Waals surface area contributed by atoms with E-state index >= 15 is 0 Å². The minimum atomic E-state index is -1.59. The molecule has 0 spiro atoms. The molecule has 0 heterocycles. The van der Waals surface area contributed by atoms with Gasteiger partial charge in [-0.1, -0.05) is 38.4 Å². The molecule has 0 aromatic heterocycles. The molecule has 3 fully saturated rings. The van der Waals surface area contributed by atoms with Gasteiger partial charge in [-0.05, 0) is 87.5 Å². The maximum absolute atomic E-state index is 12.4. The van der Waals surface area contributed by atoms with Crippen LogP contribution in [0.15, 0.2) is 16.8 Å². The van der Waals surface area contributed by atoms with Gasteiger partial charge >= 0.3 is 5.97 Å². The maximum Gasteiger partial charge on any atom is 0.333 e. The number of allylic oxidation sites excluding steroid dienone is 2. The van der Waals surface area contributed by atoms with Crippen molar-refractivity contribution in [3.05, 3.63) is 11.6 Å². The van der Waals surface area contributed by atoms with Crippen molar-refractivity contribution in [1.29, 1.82) is 0 Å². The summed E-state index contributed by atoms with van der Waals surface area (Å²) in [4.78, 5) is 41.0. The predicted molar refractivity (Wildman–Crippen MR) is 141 cm³/mol. The van der Waals surface area contributed by atoms with E-state index in [1.807, 2.05) is 0 Å². The average molecular weight is 533 g/mol. The highest BCUT2D eigenvalue weighted by molar-refractivity contribution is 5.96. The summed E-state index contributed by atoms with van der Waals surface area (Å²) in [6.45, 7) is 8.89. The molecular formula is C29H44N2O7. The number of oxime groups is 1. The van der Waals surface area contributed by atoms with Crippen LogP contribution in [-0.2, 0) is 19.2 Å². The van der Waals surface area contributed by atoms with Gasteiger partial charge in [0.05, 0.1) is 5.71 Å². The van der Waals surface area contributed by atoms with Gasteiger partial charge in [-0.2, -0.15) is 0 Å². The summed E-state index contributed by atoms with van der Waals surface area (Å²) in [7, 11) is 0. The molecule has 0 aromatic rings. The molecule has 9 heteroatoms. The largest absolute Gasteiger partial charge is 0.479 e. The van der Waals surface area contributed by atoms with E-state index in [1.165, 1.54) is 5.57 Å². The lowest BCUT2D eigenvalue weighted by Gasteiger charge is -2.59. The number of fused-ring (bicyclic) bond motifs is 5. The van der Waals surface area contributed by atoms with Gasteiger partial charge in [0.2, 0.25) is 0 Å². The van der Waals surface area contributed by atoms with Crippen LogP contribution in [0.5, 0.6) is 0 Å². The second-order valence-corrected chi connectivity index (χ2v) is 13.3. The molecule has 9 nitrogen and oxygen atoms in total. The summed E-state index contributed by atoms with van der Waals surface area (Å²) in [5.41, 5.74) is -0.295. The third-order valence-corrected chi connectivity index (χ3v) is 10.8. The van der Waals surface area contributed by atoms with Crippen LogP contribution in [0.3, 0.4) is 0 Å². The minimum absolute atomic E-state index is 0.00590. The number of amides is 1. The van der Waals surface area contributed by atoms with Crippen molar-refractivity contribution in [2.24, 2.45) is 39.2 Å². The topological polar surface area (TPSA) is 146 Å². The van der Waals surface area contributed by atoms with Crippen molar-refractivity contribution in [2.75, 3.05) is 13.2 Å². The van der Waals surface area contributed by atoms with Crippen molar-refractivity contribution in [2.45, 2.75) is 97.7 Å². The number of carboxylic acids is 1. The fraction of sp³-hybridized carbons (Fsp3) is 0.793. The zero-order valence-electron chi connectivity index (χ0n) is 23.4. The third-order valence-electron chi connectivity index (χ3n) is 10.8. The first kappa shape index (κ1) is 28.7. The van der Waals surface area contributed by atoms with E-state index in [-0.39, 0.29) is 29.8 Å². The van der Waals surface area contributed by atoms with Gasteiger partial charge in [0.15, 0.2) is 18.5 Å². The van der Waals surface area contributed by atoms with Crippen molar-refractivity contribution < 1.29 is 34.5 Å². The molecule has 0 aliphatic heterocycles. The van der Waals surface area contributed by atoms with E-state index in [0.29, 0.717) is 24.2 Å². The Morgan fingerprint density at radius 1 is 1.13 bits per heavy atom. The van der Waals surface area contributed by atoms with Crippen molar-refractivity contribution in [3.63, 3.8) is 0 Å². The lowest BCUT2D eigenvalue weighted by molar-refractivity contribution is -0.159. The van der Waals surface area contributed by atoms with Crippen LogP contribution in [0.25, 0.3) is 0 Å². The second kappa shape index (κ2) is 10.0. The molecule has 38 heavy (non-hydrogen) atoms. The number of ketones is 1. The molecular weight excluding hydrogens is 488 g/mol. The standard InChI is InChI=1S/C29H44N2O7/c1-17(32)29(37)13-10-22-20-7-6-18-14-19(8-11-27(18,4)21(20)9-12-28(22,29)5)31-38-15-23(33)30-16-26(2,3)24(34)25(35)36/h14,20-22,24,34,37H,6-13,15-16H2,1-5H3,(H,30,33)(H,35,36)/b31-19-/t20-,21+,22+,24-,27+,28+,29+/m1/s1. The Labute approximate surface area is 225 Å². The molecule has 4 aliphatic rings. The number of aliphatic hydroxyl groups excluding tert-OH is 1. The summed E-state index contributed by atoms with van der Waals surface area (Å²) in [5.74, 6) is -0.453. The van der Waals surface area contributed by atoms with Crippen molar-refractivity contribution in [1.82, 2.24) is 5.32 Å². The zero-order chi connectivity index (χ0) is 28.1. The third kappa shape index (κ3) is 4.70. The first-order valence-corrected chi connectivity index (χ1v) is 14.0. The zero-order valence-corrected chi connectivity index (χ0v) is 23.4. The smallest absolute Gasteiger partial charge is 0.333 e. The van der Waals surface area contributed by atoms with Gasteiger partial charge in [-0.15, -0.1) is 0 Å². The van der Waals surface area contributed by atoms with Crippen molar-refractivity contribution >= 4 is 23.4 Å². The second-order valence-electron chi connectivity index (χ2n) is 13.3. The van der Waals surface area contributed by atoms with Gasteiger partial charge in [0, 0.05) is 17.4 Å². The Hall–Kier alpha value is -2.26. The van der Waals surface area contributed by atoms with Crippen LogP contribution in [-0.4, -0.2) is 63.5 Å². The van der Waals surface area contributed by atoms with Crippen LogP contribution in [0, 0.1) is 34.0 Å². The molecule has 7 atom stereocenters. The monoisotopic (exact) mass is 532 g/mol. The highest BCUT2D eigenvalue weighted by Crippen LogP contribution is 2.67. The molecule has 0 saturated heterocycles. The van der Waals surface area contributed by atoms with E-state index in [4.69, 9.17) is 9.94 Å². The van der Waals surface area contributed by atoms with Crippen LogP contribution < -0.4 is 5.32 Å². The lowest BCUT2D eigenvalue weighted by Crippen LogP contribution is -2.57. The number of aliphatic hydroxyl groups is 2. The number of nitrogens with one attached hydrogen (secondary N) is 1. The summed E-state index contributed by atoms with van der Waals surface area (Å²) in [6, 6.07) is 0. The first-order valence-electron chi connectivity index (χ1n) is 14.0. The molecule has 1 amide bonds. The normalized spacial score (nSPS) is 38.3. The van der Waals surface area contributed by atoms with Gasteiger partial charge in [-0.25, -0.2) is 4.79 Å². The van der Waals surface area contributed by atoms with E-state index in [9.17, 15) is 24.6 Å². The predicted octanol–water partition coefficient (Wildman–Crippen LogP) is 3.23. The Morgan fingerprint density at radius 2 is 1.82 bits per heavy atom. The van der Waals surface area contributed by atoms with Gasteiger partial charge in [0.1, 0.15) is 5.60 Å². The number of Topliss-reactive ketones (excluding diaryl/α,β-unsaturated/α-hetero) is 1. The SMILES string of the molecule is CC(=O)[C@@]1(O)CC[C@H]2[C@@H]3CCC4=C/C(=N\OCC(=O)NCC(C)(C)[C@H](O)C(=O)O)CC[C@]4(C)[C@H]3CC[C@@]21C. The summed E-state index contributed by atoms with van der Waals surface area (Å²) >= 11 is 0.